The van der Waals surface area contributed by atoms with E-state index in [-0.39, 0.29) is 11.9 Å². The molecule has 1 aliphatic rings. The van der Waals surface area contributed by atoms with Gasteiger partial charge < -0.3 is 9.88 Å². The Morgan fingerprint density at radius 2 is 2.12 bits per heavy atom. The van der Waals surface area contributed by atoms with Gasteiger partial charge in [0.25, 0.3) is 5.91 Å². The van der Waals surface area contributed by atoms with E-state index in [0.717, 1.165) is 42.3 Å². The van der Waals surface area contributed by atoms with E-state index < -0.39 is 0 Å². The number of hydrogen-bond acceptors (Lipinski definition) is 3. The van der Waals surface area contributed by atoms with E-state index in [9.17, 15) is 4.79 Å². The SMILES string of the molecule is Cc1cn2c(n1)CCC(NC(=O)c1cccc(-n3ccc(C)n3)c1)C2. The Morgan fingerprint density at radius 3 is 2.92 bits per heavy atom. The second kappa shape index (κ2) is 6.20. The Bertz CT molecular complexity index is 924. The predicted octanol–water partition coefficient (Wildman–Crippen LogP) is 2.43. The molecule has 1 N–H and O–H groups in total. The lowest BCUT2D eigenvalue weighted by atomic mass is 10.1. The Kier molecular flexibility index (Phi) is 3.87. The average molecular weight is 335 g/mol. The number of hydrogen-bond donors (Lipinski definition) is 1. The van der Waals surface area contributed by atoms with Crippen molar-refractivity contribution in [2.45, 2.75) is 39.3 Å². The molecule has 1 atom stereocenters. The summed E-state index contributed by atoms with van der Waals surface area (Å²) in [4.78, 5) is 17.2. The maximum atomic E-state index is 12.7. The molecule has 4 rings (SSSR count). The Hall–Kier alpha value is -2.89. The molecule has 1 aliphatic heterocycles. The van der Waals surface area contributed by atoms with Crippen LogP contribution < -0.4 is 5.32 Å². The summed E-state index contributed by atoms with van der Waals surface area (Å²) >= 11 is 0. The molecular weight excluding hydrogens is 314 g/mol. The van der Waals surface area contributed by atoms with E-state index in [1.807, 2.05) is 56.6 Å². The van der Waals surface area contributed by atoms with Gasteiger partial charge in [-0.05, 0) is 44.5 Å². The minimum absolute atomic E-state index is 0.0454. The van der Waals surface area contributed by atoms with Gasteiger partial charge in [0.1, 0.15) is 5.82 Å². The zero-order valence-corrected chi connectivity index (χ0v) is 14.4. The van der Waals surface area contributed by atoms with E-state index in [1.54, 1.807) is 4.68 Å². The largest absolute Gasteiger partial charge is 0.347 e. The molecule has 0 saturated heterocycles. The normalized spacial score (nSPS) is 16.5. The molecular formula is C19H21N5O. The Balaban J connectivity index is 1.48. The van der Waals surface area contributed by atoms with Crippen molar-refractivity contribution in [2.75, 3.05) is 0 Å². The van der Waals surface area contributed by atoms with Crippen molar-refractivity contribution in [3.05, 3.63) is 65.5 Å². The molecule has 6 heteroatoms. The van der Waals surface area contributed by atoms with Crippen LogP contribution in [-0.4, -0.2) is 31.3 Å². The summed E-state index contributed by atoms with van der Waals surface area (Å²) < 4.78 is 3.93. The number of nitrogens with zero attached hydrogens (tertiary/aromatic N) is 4. The number of carbonyl (C=O) groups is 1. The van der Waals surface area contributed by atoms with Gasteiger partial charge in [0.05, 0.1) is 17.1 Å². The maximum absolute atomic E-state index is 12.7. The predicted molar refractivity (Wildman–Crippen MR) is 94.8 cm³/mol. The third kappa shape index (κ3) is 3.20. The minimum Gasteiger partial charge on any atom is -0.347 e. The first-order valence-electron chi connectivity index (χ1n) is 8.55. The van der Waals surface area contributed by atoms with Crippen molar-refractivity contribution in [1.29, 1.82) is 0 Å². The highest BCUT2D eigenvalue weighted by atomic mass is 16.1. The number of fused-ring (bicyclic) bond motifs is 1. The van der Waals surface area contributed by atoms with Crippen LogP contribution in [0.3, 0.4) is 0 Å². The third-order valence-electron chi connectivity index (χ3n) is 4.54. The van der Waals surface area contributed by atoms with Gasteiger partial charge in [-0.1, -0.05) is 6.07 Å². The van der Waals surface area contributed by atoms with Crippen molar-refractivity contribution in [2.24, 2.45) is 0 Å². The molecule has 1 unspecified atom stereocenters. The van der Waals surface area contributed by atoms with Crippen LogP contribution >= 0.6 is 0 Å². The molecule has 6 nitrogen and oxygen atoms in total. The smallest absolute Gasteiger partial charge is 0.251 e. The fraction of sp³-hybridized carbons (Fsp3) is 0.316. The first kappa shape index (κ1) is 15.6. The van der Waals surface area contributed by atoms with E-state index in [1.165, 1.54) is 0 Å². The highest BCUT2D eigenvalue weighted by Crippen LogP contribution is 2.16. The van der Waals surface area contributed by atoms with Crippen molar-refractivity contribution in [3.63, 3.8) is 0 Å². The molecule has 1 amide bonds. The fourth-order valence-electron chi connectivity index (χ4n) is 3.32. The topological polar surface area (TPSA) is 64.7 Å². The lowest BCUT2D eigenvalue weighted by molar-refractivity contribution is 0.0927. The summed E-state index contributed by atoms with van der Waals surface area (Å²) in [6, 6.07) is 9.62. The van der Waals surface area contributed by atoms with Crippen molar-refractivity contribution in [1.82, 2.24) is 24.6 Å². The van der Waals surface area contributed by atoms with Gasteiger partial charge in [0, 0.05) is 37.0 Å². The van der Waals surface area contributed by atoms with Crippen LogP contribution in [0.2, 0.25) is 0 Å². The molecule has 3 aromatic rings. The first-order valence-corrected chi connectivity index (χ1v) is 8.55. The summed E-state index contributed by atoms with van der Waals surface area (Å²) in [6.07, 6.45) is 5.76. The molecule has 2 aromatic heterocycles. The Labute approximate surface area is 146 Å². The molecule has 0 fully saturated rings. The monoisotopic (exact) mass is 335 g/mol. The van der Waals surface area contributed by atoms with E-state index >= 15 is 0 Å². The third-order valence-corrected chi connectivity index (χ3v) is 4.54. The van der Waals surface area contributed by atoms with Gasteiger partial charge in [-0.3, -0.25) is 4.79 Å². The van der Waals surface area contributed by atoms with E-state index in [4.69, 9.17) is 0 Å². The number of benzene rings is 1. The summed E-state index contributed by atoms with van der Waals surface area (Å²) in [6.45, 7) is 4.73. The maximum Gasteiger partial charge on any atom is 0.251 e. The number of amides is 1. The minimum atomic E-state index is -0.0454. The summed E-state index contributed by atoms with van der Waals surface area (Å²) in [5, 5.41) is 7.55. The number of aromatic nitrogens is 4. The van der Waals surface area contributed by atoms with Crippen molar-refractivity contribution >= 4 is 5.91 Å². The van der Waals surface area contributed by atoms with Gasteiger partial charge in [-0.15, -0.1) is 0 Å². The number of nitrogens with one attached hydrogen (secondary N) is 1. The van der Waals surface area contributed by atoms with Crippen LogP contribution in [0, 0.1) is 13.8 Å². The molecule has 0 aliphatic carbocycles. The lowest BCUT2D eigenvalue weighted by Gasteiger charge is -2.24. The molecule has 3 heterocycles. The Morgan fingerprint density at radius 1 is 1.24 bits per heavy atom. The van der Waals surface area contributed by atoms with Crippen LogP contribution in [0.1, 0.15) is 34.0 Å². The van der Waals surface area contributed by atoms with E-state index in [2.05, 4.69) is 20.0 Å². The molecule has 128 valence electrons. The van der Waals surface area contributed by atoms with Gasteiger partial charge in [0.15, 0.2) is 0 Å². The number of rotatable bonds is 3. The summed E-state index contributed by atoms with van der Waals surface area (Å²) in [5.41, 5.74) is 3.52. The molecule has 0 saturated carbocycles. The highest BCUT2D eigenvalue weighted by Gasteiger charge is 2.21. The van der Waals surface area contributed by atoms with Crippen LogP contribution in [0.5, 0.6) is 0 Å². The van der Waals surface area contributed by atoms with E-state index in [0.29, 0.717) is 5.56 Å². The highest BCUT2D eigenvalue weighted by molar-refractivity contribution is 5.94. The summed E-state index contributed by atoms with van der Waals surface area (Å²) in [5.74, 6) is 1.06. The van der Waals surface area contributed by atoms with Gasteiger partial charge in [0.2, 0.25) is 0 Å². The molecule has 0 radical (unpaired) electrons. The van der Waals surface area contributed by atoms with Crippen molar-refractivity contribution in [3.8, 4) is 5.69 Å². The van der Waals surface area contributed by atoms with Gasteiger partial charge in [-0.25, -0.2) is 9.67 Å². The average Bonchev–Trinajstić information content (AvgIpc) is 3.19. The number of aryl methyl sites for hydroxylation is 3. The van der Waals surface area contributed by atoms with Crippen molar-refractivity contribution < 1.29 is 4.79 Å². The summed E-state index contributed by atoms with van der Waals surface area (Å²) in [7, 11) is 0. The zero-order valence-electron chi connectivity index (χ0n) is 14.4. The van der Waals surface area contributed by atoms with Crippen LogP contribution in [0.15, 0.2) is 42.7 Å². The van der Waals surface area contributed by atoms with Crippen LogP contribution in [0.4, 0.5) is 0 Å². The second-order valence-corrected chi connectivity index (χ2v) is 6.61. The quantitative estimate of drug-likeness (QED) is 0.799. The molecule has 0 spiro atoms. The van der Waals surface area contributed by atoms with Gasteiger partial charge in [-0.2, -0.15) is 5.10 Å². The fourth-order valence-corrected chi connectivity index (χ4v) is 3.32. The first-order chi connectivity index (χ1) is 12.1. The van der Waals surface area contributed by atoms with Gasteiger partial charge >= 0.3 is 0 Å². The number of carbonyl (C=O) groups excluding carboxylic acids is 1. The molecule has 1 aromatic carbocycles. The van der Waals surface area contributed by atoms with Crippen LogP contribution in [0.25, 0.3) is 5.69 Å². The lowest BCUT2D eigenvalue weighted by Crippen LogP contribution is -2.40. The number of imidazole rings is 1. The molecule has 0 bridgehead atoms. The molecule has 25 heavy (non-hydrogen) atoms. The zero-order chi connectivity index (χ0) is 17.4. The standard InChI is InChI=1S/C19H21N5O/c1-13-8-9-24(22-13)17-5-3-4-15(10-17)19(25)21-16-6-7-18-20-14(2)11-23(18)12-16/h3-5,8-11,16H,6-7,12H2,1-2H3,(H,21,25). The van der Waals surface area contributed by atoms with Crippen LogP contribution in [-0.2, 0) is 13.0 Å². The second-order valence-electron chi connectivity index (χ2n) is 6.61.